The lowest BCUT2D eigenvalue weighted by Crippen LogP contribution is -3.05. The van der Waals surface area contributed by atoms with E-state index in [1.807, 2.05) is 49.9 Å². The number of hydrogen-bond donors (Lipinski definition) is 1. The molecule has 0 aliphatic carbocycles. The van der Waals surface area contributed by atoms with Gasteiger partial charge in [-0.25, -0.2) is 4.99 Å². The summed E-state index contributed by atoms with van der Waals surface area (Å²) in [6.45, 7) is 3.10. The number of fused-ring (bicyclic) bond motifs is 1. The number of esters is 1. The van der Waals surface area contributed by atoms with Gasteiger partial charge in [-0.15, -0.1) is 0 Å². The van der Waals surface area contributed by atoms with Gasteiger partial charge >= 0.3 is 5.97 Å². The molecule has 0 aliphatic heterocycles. The molecule has 1 aromatic carbocycles. The number of rotatable bonds is 5. The maximum atomic E-state index is 11.8. The van der Waals surface area contributed by atoms with Gasteiger partial charge in [-0.05, 0) is 19.1 Å². The van der Waals surface area contributed by atoms with Crippen molar-refractivity contribution in [3.8, 4) is 0 Å². The third-order valence-corrected chi connectivity index (χ3v) is 3.81. The van der Waals surface area contributed by atoms with Gasteiger partial charge in [0.1, 0.15) is 6.54 Å². The number of carbonyl (C=O) groups excluding carboxylic acids is 1. The number of aromatic nitrogens is 1. The van der Waals surface area contributed by atoms with Crippen molar-refractivity contribution in [3.63, 3.8) is 0 Å². The number of nitrogens with zero attached hydrogens (tertiary/aromatic N) is 2. The number of ether oxygens (including phenoxy) is 1. The van der Waals surface area contributed by atoms with E-state index in [0.717, 1.165) is 15.0 Å². The Labute approximate surface area is 122 Å². The Balaban J connectivity index is 2.44. The van der Waals surface area contributed by atoms with Crippen LogP contribution < -0.4 is 9.70 Å². The minimum Gasteiger partial charge on any atom is -0.465 e. The highest BCUT2D eigenvalue weighted by Crippen LogP contribution is 2.16. The van der Waals surface area contributed by atoms with E-state index in [0.29, 0.717) is 13.3 Å². The molecule has 0 aliphatic rings. The van der Waals surface area contributed by atoms with Crippen LogP contribution in [0, 0.1) is 0 Å². The van der Waals surface area contributed by atoms with Crippen LogP contribution >= 0.6 is 11.3 Å². The molecule has 0 amide bonds. The molecule has 0 spiro atoms. The Hall–Kier alpha value is -1.66. The van der Waals surface area contributed by atoms with E-state index in [1.165, 1.54) is 4.90 Å². The zero-order valence-electron chi connectivity index (χ0n) is 12.0. The summed E-state index contributed by atoms with van der Waals surface area (Å²) in [5.41, 5.74) is 1.03. The predicted octanol–water partition coefficient (Wildman–Crippen LogP) is 0.269. The van der Waals surface area contributed by atoms with E-state index >= 15 is 0 Å². The van der Waals surface area contributed by atoms with Crippen LogP contribution in [0.25, 0.3) is 10.2 Å². The topological polar surface area (TPSA) is 48.0 Å². The average Bonchev–Trinajstić information content (AvgIpc) is 2.75. The number of benzene rings is 1. The number of hydrogen-bond acceptors (Lipinski definition) is 4. The van der Waals surface area contributed by atoms with Crippen LogP contribution in [0.1, 0.15) is 6.92 Å². The molecule has 1 heterocycles. The van der Waals surface area contributed by atoms with Crippen molar-refractivity contribution in [2.24, 2.45) is 4.99 Å². The zero-order chi connectivity index (χ0) is 14.5. The lowest BCUT2D eigenvalue weighted by Gasteiger charge is -2.05. The van der Waals surface area contributed by atoms with E-state index in [9.17, 15) is 4.79 Å². The second-order valence-corrected chi connectivity index (χ2v) is 5.78. The summed E-state index contributed by atoms with van der Waals surface area (Å²) >= 11 is 1.60. The molecule has 1 N–H and O–H groups in total. The summed E-state index contributed by atoms with van der Waals surface area (Å²) in [5.74, 6) is -0.227. The van der Waals surface area contributed by atoms with Gasteiger partial charge in [0.05, 0.1) is 30.9 Å². The Morgan fingerprint density at radius 3 is 2.85 bits per heavy atom. The number of quaternary nitrogens is 1. The molecule has 2 aromatic rings. The lowest BCUT2D eigenvalue weighted by molar-refractivity contribution is -0.857. The van der Waals surface area contributed by atoms with E-state index in [-0.39, 0.29) is 12.5 Å². The number of thiazole rings is 1. The molecular weight excluding hydrogens is 274 g/mol. The highest BCUT2D eigenvalue weighted by atomic mass is 32.1. The molecular formula is C14H20N3O2S+. The normalized spacial score (nSPS) is 12.3. The largest absolute Gasteiger partial charge is 0.465 e. The van der Waals surface area contributed by atoms with Crippen LogP contribution in [0.5, 0.6) is 0 Å². The lowest BCUT2D eigenvalue weighted by atomic mass is 10.3. The Kier molecular flexibility index (Phi) is 4.92. The van der Waals surface area contributed by atoms with Crippen LogP contribution in [0.2, 0.25) is 0 Å². The summed E-state index contributed by atoms with van der Waals surface area (Å²) in [5, 5.41) is 0. The van der Waals surface area contributed by atoms with Gasteiger partial charge in [-0.3, -0.25) is 4.79 Å². The van der Waals surface area contributed by atoms with E-state index in [1.54, 1.807) is 11.3 Å². The van der Waals surface area contributed by atoms with Crippen LogP contribution in [0.4, 0.5) is 0 Å². The zero-order valence-corrected chi connectivity index (χ0v) is 12.9. The van der Waals surface area contributed by atoms with Gasteiger partial charge < -0.3 is 14.2 Å². The fraction of sp³-hybridized carbons (Fsp3) is 0.429. The molecule has 0 saturated heterocycles. The van der Waals surface area contributed by atoms with Gasteiger partial charge in [0.15, 0.2) is 11.5 Å². The molecule has 108 valence electrons. The summed E-state index contributed by atoms with van der Waals surface area (Å²) in [7, 11) is 4.10. The molecule has 0 fully saturated rings. The van der Waals surface area contributed by atoms with Crippen LogP contribution in [0.15, 0.2) is 29.3 Å². The van der Waals surface area contributed by atoms with Crippen LogP contribution in [-0.2, 0) is 16.1 Å². The van der Waals surface area contributed by atoms with Gasteiger partial charge in [0, 0.05) is 0 Å². The van der Waals surface area contributed by atoms with Crippen LogP contribution in [-0.4, -0.2) is 37.9 Å². The van der Waals surface area contributed by atoms with E-state index in [2.05, 4.69) is 4.99 Å². The van der Waals surface area contributed by atoms with Crippen molar-refractivity contribution in [2.75, 3.05) is 27.4 Å². The first kappa shape index (κ1) is 14.7. The smallest absolute Gasteiger partial charge is 0.326 e. The molecule has 6 heteroatoms. The SMILES string of the molecule is CCOC(=O)Cn1c(=NC[NH+](C)C)sc2ccccc21. The molecule has 1 aromatic heterocycles. The Morgan fingerprint density at radius 1 is 1.40 bits per heavy atom. The highest BCUT2D eigenvalue weighted by Gasteiger charge is 2.10. The minimum atomic E-state index is -0.227. The molecule has 0 atom stereocenters. The molecule has 0 saturated carbocycles. The van der Waals surface area contributed by atoms with Gasteiger partial charge in [-0.1, -0.05) is 23.5 Å². The third kappa shape index (κ3) is 3.46. The van der Waals surface area contributed by atoms with Crippen molar-refractivity contribution in [1.82, 2.24) is 4.57 Å². The average molecular weight is 294 g/mol. The van der Waals surface area contributed by atoms with E-state index < -0.39 is 0 Å². The second kappa shape index (κ2) is 6.67. The highest BCUT2D eigenvalue weighted by molar-refractivity contribution is 7.16. The third-order valence-electron chi connectivity index (χ3n) is 2.71. The minimum absolute atomic E-state index is 0.208. The standard InChI is InChI=1S/C14H19N3O2S/c1-4-19-13(18)9-17-11-7-5-6-8-12(11)20-14(17)15-10-16(2)3/h5-8H,4,9-10H2,1-3H3/p+1. The predicted molar refractivity (Wildman–Crippen MR) is 79.7 cm³/mol. The van der Waals surface area contributed by atoms with Crippen molar-refractivity contribution >= 4 is 27.5 Å². The fourth-order valence-electron chi connectivity index (χ4n) is 1.85. The summed E-state index contributed by atoms with van der Waals surface area (Å²) < 4.78 is 8.10. The first-order chi connectivity index (χ1) is 9.61. The van der Waals surface area contributed by atoms with Crippen LogP contribution in [0.3, 0.4) is 0 Å². The van der Waals surface area contributed by atoms with Gasteiger partial charge in [0.25, 0.3) is 0 Å². The fourth-order valence-corrected chi connectivity index (χ4v) is 2.88. The molecule has 0 unspecified atom stereocenters. The molecule has 2 rings (SSSR count). The monoisotopic (exact) mass is 294 g/mol. The first-order valence-electron chi connectivity index (χ1n) is 6.65. The number of carbonyl (C=O) groups is 1. The second-order valence-electron chi connectivity index (χ2n) is 4.77. The maximum absolute atomic E-state index is 11.8. The maximum Gasteiger partial charge on any atom is 0.326 e. The van der Waals surface area contributed by atoms with Gasteiger partial charge in [0.2, 0.25) is 0 Å². The molecule has 20 heavy (non-hydrogen) atoms. The van der Waals surface area contributed by atoms with Crippen molar-refractivity contribution < 1.29 is 14.4 Å². The van der Waals surface area contributed by atoms with Gasteiger partial charge in [-0.2, -0.15) is 0 Å². The summed E-state index contributed by atoms with van der Waals surface area (Å²) in [6.07, 6.45) is 0. The number of para-hydroxylation sites is 1. The Morgan fingerprint density at radius 2 is 2.15 bits per heavy atom. The van der Waals surface area contributed by atoms with E-state index in [4.69, 9.17) is 4.74 Å². The summed E-state index contributed by atoms with van der Waals surface area (Å²) in [6, 6.07) is 8.02. The van der Waals surface area contributed by atoms with Crippen molar-refractivity contribution in [2.45, 2.75) is 13.5 Å². The molecule has 0 radical (unpaired) electrons. The molecule has 5 nitrogen and oxygen atoms in total. The Bertz CT molecular complexity index is 658. The number of nitrogens with one attached hydrogen (secondary N) is 1. The van der Waals surface area contributed by atoms with Crippen molar-refractivity contribution in [3.05, 3.63) is 29.1 Å². The van der Waals surface area contributed by atoms with Crippen molar-refractivity contribution in [1.29, 1.82) is 0 Å². The quantitative estimate of drug-likeness (QED) is 0.805. The first-order valence-corrected chi connectivity index (χ1v) is 7.47. The summed E-state index contributed by atoms with van der Waals surface area (Å²) in [4.78, 5) is 18.5. The molecule has 0 bridgehead atoms.